The molecule has 152 valence electrons. The summed E-state index contributed by atoms with van der Waals surface area (Å²) in [4.78, 5) is 28.6. The number of carbonyl (C=O) groups is 2. The molecule has 0 aliphatic heterocycles. The van der Waals surface area contributed by atoms with Crippen LogP contribution in [0, 0.1) is 11.8 Å². The van der Waals surface area contributed by atoms with Crippen LogP contribution in [0.3, 0.4) is 0 Å². The molecule has 3 rings (SSSR count). The van der Waals surface area contributed by atoms with E-state index in [1.54, 1.807) is 0 Å². The van der Waals surface area contributed by atoms with Crippen LogP contribution in [0.2, 0.25) is 0 Å². The summed E-state index contributed by atoms with van der Waals surface area (Å²) in [5.41, 5.74) is 2.03. The zero-order chi connectivity index (χ0) is 20.1. The Hall–Kier alpha value is -2.34. The van der Waals surface area contributed by atoms with E-state index in [0.717, 1.165) is 35.7 Å². The number of rotatable bonds is 8. The number of carbonyl (C=O) groups excluding carboxylic acids is 2. The van der Waals surface area contributed by atoms with E-state index in [0.29, 0.717) is 18.8 Å². The topological polar surface area (TPSA) is 94.2 Å². The molecule has 3 atom stereocenters. The fourth-order valence-corrected chi connectivity index (χ4v) is 4.09. The predicted molar refractivity (Wildman–Crippen MR) is 110 cm³/mol. The Kier molecular flexibility index (Phi) is 6.73. The lowest BCUT2D eigenvalue weighted by Crippen LogP contribution is -2.52. The SMILES string of the molecule is CC(C)C(=O)NC(Cc1c[nH]c2ccccc12)C(=O)NC1CCCC1CCO. The van der Waals surface area contributed by atoms with Gasteiger partial charge in [0.25, 0.3) is 0 Å². The summed E-state index contributed by atoms with van der Waals surface area (Å²) >= 11 is 0. The average molecular weight is 386 g/mol. The first-order chi connectivity index (χ1) is 13.5. The first-order valence-electron chi connectivity index (χ1n) is 10.3. The van der Waals surface area contributed by atoms with Gasteiger partial charge in [0, 0.05) is 42.1 Å². The third-order valence-corrected chi connectivity index (χ3v) is 5.74. The van der Waals surface area contributed by atoms with Crippen molar-refractivity contribution in [2.24, 2.45) is 11.8 Å². The van der Waals surface area contributed by atoms with Crippen molar-refractivity contribution in [3.05, 3.63) is 36.0 Å². The number of benzene rings is 1. The highest BCUT2D eigenvalue weighted by atomic mass is 16.3. The van der Waals surface area contributed by atoms with Gasteiger partial charge in [-0.05, 0) is 36.8 Å². The lowest BCUT2D eigenvalue weighted by atomic mass is 9.98. The second-order valence-corrected chi connectivity index (χ2v) is 8.10. The number of H-pyrrole nitrogens is 1. The van der Waals surface area contributed by atoms with E-state index in [2.05, 4.69) is 15.6 Å². The Morgan fingerprint density at radius 2 is 2.00 bits per heavy atom. The maximum Gasteiger partial charge on any atom is 0.243 e. The van der Waals surface area contributed by atoms with Crippen molar-refractivity contribution < 1.29 is 14.7 Å². The van der Waals surface area contributed by atoms with Gasteiger partial charge in [0.1, 0.15) is 6.04 Å². The van der Waals surface area contributed by atoms with E-state index in [4.69, 9.17) is 0 Å². The van der Waals surface area contributed by atoms with Crippen LogP contribution >= 0.6 is 0 Å². The van der Waals surface area contributed by atoms with E-state index in [9.17, 15) is 14.7 Å². The number of aromatic amines is 1. The normalized spacial score (nSPS) is 20.4. The average Bonchev–Trinajstić information content (AvgIpc) is 3.28. The molecule has 3 unspecified atom stereocenters. The van der Waals surface area contributed by atoms with Crippen molar-refractivity contribution in [3.8, 4) is 0 Å². The summed E-state index contributed by atoms with van der Waals surface area (Å²) in [6, 6.07) is 7.41. The van der Waals surface area contributed by atoms with Gasteiger partial charge in [-0.15, -0.1) is 0 Å². The van der Waals surface area contributed by atoms with Crippen LogP contribution in [0.1, 0.15) is 45.1 Å². The van der Waals surface area contributed by atoms with Gasteiger partial charge in [0.2, 0.25) is 11.8 Å². The number of aliphatic hydroxyl groups excluding tert-OH is 1. The fraction of sp³-hybridized carbons (Fsp3) is 0.545. The van der Waals surface area contributed by atoms with Gasteiger partial charge in [-0.25, -0.2) is 0 Å². The van der Waals surface area contributed by atoms with Crippen molar-refractivity contribution in [2.45, 2.75) is 58.0 Å². The molecular weight excluding hydrogens is 354 g/mol. The van der Waals surface area contributed by atoms with E-state index in [1.165, 1.54) is 0 Å². The number of aliphatic hydroxyl groups is 1. The van der Waals surface area contributed by atoms with E-state index < -0.39 is 6.04 Å². The van der Waals surface area contributed by atoms with Gasteiger partial charge >= 0.3 is 0 Å². The summed E-state index contributed by atoms with van der Waals surface area (Å²) < 4.78 is 0. The third-order valence-electron chi connectivity index (χ3n) is 5.74. The van der Waals surface area contributed by atoms with Gasteiger partial charge in [-0.3, -0.25) is 9.59 Å². The number of amides is 2. The first kappa shape index (κ1) is 20.4. The molecule has 6 heteroatoms. The van der Waals surface area contributed by atoms with E-state index in [-0.39, 0.29) is 30.4 Å². The van der Waals surface area contributed by atoms with Crippen LogP contribution in [0.15, 0.2) is 30.5 Å². The molecule has 1 saturated carbocycles. The standard InChI is InChI=1S/C22H31N3O3/c1-14(2)21(27)25-20(12-16-13-23-19-8-4-3-7-17(16)19)22(28)24-18-9-5-6-15(18)10-11-26/h3-4,7-8,13-15,18,20,23,26H,5-6,9-12H2,1-2H3,(H,24,28)(H,25,27). The molecular formula is C22H31N3O3. The maximum atomic E-state index is 13.1. The summed E-state index contributed by atoms with van der Waals surface area (Å²) in [7, 11) is 0. The smallest absolute Gasteiger partial charge is 0.243 e. The highest BCUT2D eigenvalue weighted by Crippen LogP contribution is 2.28. The first-order valence-corrected chi connectivity index (χ1v) is 10.3. The highest BCUT2D eigenvalue weighted by molar-refractivity contribution is 5.90. The molecule has 0 radical (unpaired) electrons. The van der Waals surface area contributed by atoms with Gasteiger partial charge in [0.05, 0.1) is 0 Å². The summed E-state index contributed by atoms with van der Waals surface area (Å²) in [5.74, 6) is -0.150. The molecule has 1 heterocycles. The predicted octanol–water partition coefficient (Wildman–Crippen LogP) is 2.52. The minimum atomic E-state index is -0.621. The molecule has 1 aliphatic rings. The van der Waals surface area contributed by atoms with Crippen molar-refractivity contribution in [1.82, 2.24) is 15.6 Å². The summed E-state index contributed by atoms with van der Waals surface area (Å²) in [6.07, 6.45) is 6.06. The third kappa shape index (κ3) is 4.73. The minimum absolute atomic E-state index is 0.0704. The number of nitrogens with one attached hydrogen (secondary N) is 3. The summed E-state index contributed by atoms with van der Waals surface area (Å²) in [6.45, 7) is 3.79. The molecule has 1 aromatic carbocycles. The summed E-state index contributed by atoms with van der Waals surface area (Å²) in [5, 5.41) is 16.4. The highest BCUT2D eigenvalue weighted by Gasteiger charge is 2.31. The number of fused-ring (bicyclic) bond motifs is 1. The Morgan fingerprint density at radius 1 is 1.21 bits per heavy atom. The van der Waals surface area contributed by atoms with Crippen LogP contribution in [-0.4, -0.2) is 40.6 Å². The fourth-order valence-electron chi connectivity index (χ4n) is 4.09. The zero-order valence-corrected chi connectivity index (χ0v) is 16.7. The molecule has 0 saturated heterocycles. The van der Waals surface area contributed by atoms with Crippen molar-refractivity contribution in [3.63, 3.8) is 0 Å². The molecule has 1 fully saturated rings. The number of aromatic nitrogens is 1. The monoisotopic (exact) mass is 385 g/mol. The van der Waals surface area contributed by atoms with Gasteiger partial charge < -0.3 is 20.7 Å². The molecule has 1 aromatic heterocycles. The number of para-hydroxylation sites is 1. The molecule has 2 aromatic rings. The van der Waals surface area contributed by atoms with Crippen molar-refractivity contribution in [2.75, 3.05) is 6.61 Å². The van der Waals surface area contributed by atoms with Crippen LogP contribution < -0.4 is 10.6 Å². The van der Waals surface area contributed by atoms with Crippen LogP contribution in [0.4, 0.5) is 0 Å². The molecule has 2 amide bonds. The quantitative estimate of drug-likeness (QED) is 0.562. The Balaban J connectivity index is 1.76. The van der Waals surface area contributed by atoms with Gasteiger partial charge in [-0.2, -0.15) is 0 Å². The molecule has 6 nitrogen and oxygen atoms in total. The van der Waals surface area contributed by atoms with Gasteiger partial charge in [-0.1, -0.05) is 38.5 Å². The lowest BCUT2D eigenvalue weighted by molar-refractivity contribution is -0.131. The van der Waals surface area contributed by atoms with Crippen LogP contribution in [0.5, 0.6) is 0 Å². The maximum absolute atomic E-state index is 13.1. The van der Waals surface area contributed by atoms with Gasteiger partial charge in [0.15, 0.2) is 0 Å². The molecule has 4 N–H and O–H groups in total. The van der Waals surface area contributed by atoms with E-state index in [1.807, 2.05) is 44.3 Å². The van der Waals surface area contributed by atoms with Crippen LogP contribution in [0.25, 0.3) is 10.9 Å². The number of hydrogen-bond donors (Lipinski definition) is 4. The Labute approximate surface area is 166 Å². The van der Waals surface area contributed by atoms with Crippen molar-refractivity contribution in [1.29, 1.82) is 0 Å². The second-order valence-electron chi connectivity index (χ2n) is 8.10. The molecule has 1 aliphatic carbocycles. The Bertz CT molecular complexity index is 814. The zero-order valence-electron chi connectivity index (χ0n) is 16.7. The Morgan fingerprint density at radius 3 is 2.75 bits per heavy atom. The lowest BCUT2D eigenvalue weighted by Gasteiger charge is -2.25. The molecule has 28 heavy (non-hydrogen) atoms. The molecule has 0 spiro atoms. The van der Waals surface area contributed by atoms with Crippen LogP contribution in [-0.2, 0) is 16.0 Å². The largest absolute Gasteiger partial charge is 0.396 e. The molecule has 0 bridgehead atoms. The minimum Gasteiger partial charge on any atom is -0.396 e. The number of hydrogen-bond acceptors (Lipinski definition) is 3. The van der Waals surface area contributed by atoms with Crippen molar-refractivity contribution >= 4 is 22.7 Å². The second kappa shape index (κ2) is 9.24. The van der Waals surface area contributed by atoms with E-state index >= 15 is 0 Å².